The molecule has 1 saturated carbocycles. The first-order valence-electron chi connectivity index (χ1n) is 8.60. The molecule has 11 heteroatoms. The van der Waals surface area contributed by atoms with Gasteiger partial charge in [-0.1, -0.05) is 0 Å². The van der Waals surface area contributed by atoms with E-state index in [4.69, 9.17) is 19.9 Å². The zero-order chi connectivity index (χ0) is 19.4. The summed E-state index contributed by atoms with van der Waals surface area (Å²) in [6.45, 7) is -0.786. The normalized spacial score (nSPS) is 47.1. The van der Waals surface area contributed by atoms with E-state index in [1.165, 1.54) is 0 Å². The first-order valence-corrected chi connectivity index (χ1v) is 8.60. The van der Waals surface area contributed by atoms with Crippen LogP contribution < -0.4 is 5.73 Å². The standard InChI is InChI=1S/C15H29NO10/c16-1-2-24-15-14(13(23)11(21)8(5-18)26-15)25-7-3-6(4-17)9(19)12(22)10(7)20/h6-15,17-23H,1-5,16H2/t6-,7+,8-,9-,10-,11-,12+,13+,14+,15+/m1/s1. The molecule has 0 spiro atoms. The highest BCUT2D eigenvalue weighted by Gasteiger charge is 2.50. The molecule has 0 aromatic heterocycles. The monoisotopic (exact) mass is 383 g/mol. The minimum absolute atomic E-state index is 0.00223. The van der Waals surface area contributed by atoms with Crippen molar-refractivity contribution in [1.82, 2.24) is 0 Å². The maximum absolute atomic E-state index is 10.3. The largest absolute Gasteiger partial charge is 0.396 e. The van der Waals surface area contributed by atoms with Gasteiger partial charge < -0.3 is 55.7 Å². The van der Waals surface area contributed by atoms with Crippen LogP contribution in [0.25, 0.3) is 0 Å². The van der Waals surface area contributed by atoms with Crippen molar-refractivity contribution in [2.75, 3.05) is 26.4 Å². The number of aliphatic hydroxyl groups excluding tert-OH is 7. The van der Waals surface area contributed by atoms with Gasteiger partial charge in [-0.3, -0.25) is 0 Å². The summed E-state index contributed by atoms with van der Waals surface area (Å²) in [6.07, 6.45) is -11.9. The van der Waals surface area contributed by atoms with E-state index in [9.17, 15) is 35.7 Å². The van der Waals surface area contributed by atoms with Gasteiger partial charge in [0.2, 0.25) is 0 Å². The van der Waals surface area contributed by atoms with Crippen LogP contribution in [-0.2, 0) is 14.2 Å². The summed E-state index contributed by atoms with van der Waals surface area (Å²) in [4.78, 5) is 0. The molecule has 2 aliphatic rings. The van der Waals surface area contributed by atoms with Crippen molar-refractivity contribution in [3.8, 4) is 0 Å². The zero-order valence-electron chi connectivity index (χ0n) is 14.2. The van der Waals surface area contributed by atoms with Crippen LogP contribution in [0.5, 0.6) is 0 Å². The van der Waals surface area contributed by atoms with Crippen LogP contribution in [0.2, 0.25) is 0 Å². The minimum Gasteiger partial charge on any atom is -0.396 e. The van der Waals surface area contributed by atoms with Gasteiger partial charge in [0.1, 0.15) is 36.6 Å². The Morgan fingerprint density at radius 2 is 1.58 bits per heavy atom. The summed E-state index contributed by atoms with van der Waals surface area (Å²) < 4.78 is 16.4. The van der Waals surface area contributed by atoms with E-state index in [0.29, 0.717) is 0 Å². The number of hydrogen-bond donors (Lipinski definition) is 8. The third kappa shape index (κ3) is 4.51. The summed E-state index contributed by atoms with van der Waals surface area (Å²) in [6, 6.07) is 0. The summed E-state index contributed by atoms with van der Waals surface area (Å²) in [5.41, 5.74) is 5.38. The molecule has 0 amide bonds. The average molecular weight is 383 g/mol. The maximum Gasteiger partial charge on any atom is 0.186 e. The second kappa shape index (κ2) is 9.66. The molecule has 2 fully saturated rings. The van der Waals surface area contributed by atoms with Crippen LogP contribution in [-0.4, -0.2) is 117 Å². The van der Waals surface area contributed by atoms with Gasteiger partial charge in [0.05, 0.1) is 25.4 Å². The Morgan fingerprint density at radius 3 is 2.15 bits per heavy atom. The molecule has 9 N–H and O–H groups in total. The minimum atomic E-state index is -1.55. The van der Waals surface area contributed by atoms with Crippen molar-refractivity contribution in [2.24, 2.45) is 11.7 Å². The van der Waals surface area contributed by atoms with Crippen molar-refractivity contribution >= 4 is 0 Å². The number of ether oxygens (including phenoxy) is 3. The SMILES string of the molecule is NCCO[C@H]1O[C@H](CO)[C@@H](O)[C@H](O)[C@@H]1O[C@H]1C[C@H](CO)[C@@H](O)[C@H](O)[C@@H]1O. The topological polar surface area (TPSA) is 195 Å². The summed E-state index contributed by atoms with van der Waals surface area (Å²) >= 11 is 0. The Labute approximate surface area is 150 Å². The molecule has 11 nitrogen and oxygen atoms in total. The molecule has 1 aliphatic heterocycles. The quantitative estimate of drug-likeness (QED) is 0.210. The number of aliphatic hydroxyl groups is 7. The fourth-order valence-corrected chi connectivity index (χ4v) is 3.32. The Morgan fingerprint density at radius 1 is 0.885 bits per heavy atom. The molecule has 0 aromatic carbocycles. The van der Waals surface area contributed by atoms with Crippen LogP contribution in [0.3, 0.4) is 0 Å². The van der Waals surface area contributed by atoms with Crippen molar-refractivity contribution in [1.29, 1.82) is 0 Å². The smallest absolute Gasteiger partial charge is 0.186 e. The second-order valence-electron chi connectivity index (χ2n) is 6.66. The highest BCUT2D eigenvalue weighted by molar-refractivity contribution is 4.96. The molecule has 0 bridgehead atoms. The van der Waals surface area contributed by atoms with E-state index in [1.54, 1.807) is 0 Å². The molecular weight excluding hydrogens is 354 g/mol. The van der Waals surface area contributed by atoms with Crippen LogP contribution in [0, 0.1) is 5.92 Å². The van der Waals surface area contributed by atoms with Gasteiger partial charge in [0, 0.05) is 19.1 Å². The van der Waals surface area contributed by atoms with Gasteiger partial charge in [0.25, 0.3) is 0 Å². The van der Waals surface area contributed by atoms with Gasteiger partial charge in [-0.2, -0.15) is 0 Å². The first-order chi connectivity index (χ1) is 12.3. The van der Waals surface area contributed by atoms with E-state index in [1.807, 2.05) is 0 Å². The van der Waals surface area contributed by atoms with Crippen LogP contribution in [0.15, 0.2) is 0 Å². The summed E-state index contributed by atoms with van der Waals surface area (Å²) in [7, 11) is 0. The zero-order valence-corrected chi connectivity index (χ0v) is 14.2. The van der Waals surface area contributed by atoms with Crippen LogP contribution in [0.4, 0.5) is 0 Å². The number of rotatable bonds is 7. The third-order valence-corrected chi connectivity index (χ3v) is 4.89. The Bertz CT molecular complexity index is 427. The molecule has 1 heterocycles. The molecule has 1 aliphatic carbocycles. The van der Waals surface area contributed by atoms with Gasteiger partial charge >= 0.3 is 0 Å². The molecule has 0 aromatic rings. The maximum atomic E-state index is 10.3. The average Bonchev–Trinajstić information content (AvgIpc) is 2.64. The summed E-state index contributed by atoms with van der Waals surface area (Å²) in [5.74, 6) is -0.737. The predicted molar refractivity (Wildman–Crippen MR) is 84.6 cm³/mol. The van der Waals surface area contributed by atoms with E-state index in [-0.39, 0.29) is 19.6 Å². The lowest BCUT2D eigenvalue weighted by Gasteiger charge is -2.46. The number of hydrogen-bond acceptors (Lipinski definition) is 11. The lowest BCUT2D eigenvalue weighted by Crippen LogP contribution is -2.63. The highest BCUT2D eigenvalue weighted by Crippen LogP contribution is 2.32. The molecule has 0 radical (unpaired) electrons. The van der Waals surface area contributed by atoms with Crippen LogP contribution >= 0.6 is 0 Å². The van der Waals surface area contributed by atoms with Crippen LogP contribution in [0.1, 0.15) is 6.42 Å². The third-order valence-electron chi connectivity index (χ3n) is 4.89. The molecule has 2 rings (SSSR count). The van der Waals surface area contributed by atoms with Crippen molar-refractivity contribution in [3.63, 3.8) is 0 Å². The van der Waals surface area contributed by atoms with E-state index < -0.39 is 74.3 Å². The van der Waals surface area contributed by atoms with Crippen molar-refractivity contribution < 1.29 is 50.0 Å². The molecule has 1 saturated heterocycles. The number of nitrogens with two attached hydrogens (primary N) is 1. The first kappa shape index (κ1) is 21.9. The van der Waals surface area contributed by atoms with Gasteiger partial charge in [-0.15, -0.1) is 0 Å². The Hall–Kier alpha value is -0.440. The van der Waals surface area contributed by atoms with E-state index >= 15 is 0 Å². The highest BCUT2D eigenvalue weighted by atomic mass is 16.7. The fraction of sp³-hybridized carbons (Fsp3) is 1.00. The van der Waals surface area contributed by atoms with Gasteiger partial charge in [0.15, 0.2) is 6.29 Å². The van der Waals surface area contributed by atoms with Gasteiger partial charge in [-0.25, -0.2) is 0 Å². The fourth-order valence-electron chi connectivity index (χ4n) is 3.32. The lowest BCUT2D eigenvalue weighted by molar-refractivity contribution is -0.325. The Kier molecular flexibility index (Phi) is 8.12. The van der Waals surface area contributed by atoms with E-state index in [2.05, 4.69) is 0 Å². The second-order valence-corrected chi connectivity index (χ2v) is 6.66. The Balaban J connectivity index is 2.14. The lowest BCUT2D eigenvalue weighted by atomic mass is 9.81. The molecule has 0 unspecified atom stereocenters. The van der Waals surface area contributed by atoms with Gasteiger partial charge in [-0.05, 0) is 6.42 Å². The van der Waals surface area contributed by atoms with Crippen molar-refractivity contribution in [2.45, 2.75) is 61.5 Å². The van der Waals surface area contributed by atoms with E-state index in [0.717, 1.165) is 0 Å². The summed E-state index contributed by atoms with van der Waals surface area (Å²) in [5, 5.41) is 68.9. The van der Waals surface area contributed by atoms with Crippen molar-refractivity contribution in [3.05, 3.63) is 0 Å². The molecule has 10 atom stereocenters. The predicted octanol–water partition coefficient (Wildman–Crippen LogP) is -4.75. The molecule has 26 heavy (non-hydrogen) atoms. The molecular formula is C15H29NO10. The molecule has 154 valence electrons.